The topological polar surface area (TPSA) is 66.4 Å². The second-order valence-corrected chi connectivity index (χ2v) is 6.81. The van der Waals surface area contributed by atoms with Gasteiger partial charge in [-0.3, -0.25) is 9.59 Å². The van der Waals surface area contributed by atoms with Crippen molar-refractivity contribution in [2.24, 2.45) is 16.7 Å². The van der Waals surface area contributed by atoms with Crippen molar-refractivity contribution in [2.75, 3.05) is 5.32 Å². The quantitative estimate of drug-likeness (QED) is 0.895. The van der Waals surface area contributed by atoms with Gasteiger partial charge in [-0.05, 0) is 49.8 Å². The monoisotopic (exact) mass is 289 g/mol. The zero-order valence-electron chi connectivity index (χ0n) is 13.1. The molecule has 1 fully saturated rings. The third-order valence-corrected chi connectivity index (χ3v) is 5.30. The van der Waals surface area contributed by atoms with Crippen molar-refractivity contribution in [1.29, 1.82) is 0 Å². The van der Waals surface area contributed by atoms with Gasteiger partial charge in [-0.15, -0.1) is 0 Å². The van der Waals surface area contributed by atoms with Crippen molar-refractivity contribution in [1.82, 2.24) is 0 Å². The number of anilines is 1. The number of aryl methyl sites for hydroxylation is 1. The molecule has 0 aliphatic heterocycles. The molecular formula is C17H23NO3. The minimum atomic E-state index is -0.860. The van der Waals surface area contributed by atoms with Gasteiger partial charge < -0.3 is 10.4 Å². The second-order valence-electron chi connectivity index (χ2n) is 6.81. The average Bonchev–Trinajstić information content (AvgIpc) is 2.61. The van der Waals surface area contributed by atoms with Crippen LogP contribution in [-0.2, 0) is 9.59 Å². The van der Waals surface area contributed by atoms with Gasteiger partial charge in [0.15, 0.2) is 0 Å². The maximum absolute atomic E-state index is 12.5. The fraction of sp³-hybridized carbons (Fsp3) is 0.529. The summed E-state index contributed by atoms with van der Waals surface area (Å²) >= 11 is 0. The SMILES string of the molecule is Cc1cccc(NC(=O)[C@@H]2CC[C@@](C)(C(=O)O)C2(C)C)c1. The third kappa shape index (κ3) is 2.55. The molecule has 2 rings (SSSR count). The lowest BCUT2D eigenvalue weighted by molar-refractivity contribution is -0.154. The van der Waals surface area contributed by atoms with E-state index in [4.69, 9.17) is 0 Å². The largest absolute Gasteiger partial charge is 0.481 e. The molecule has 1 saturated carbocycles. The van der Waals surface area contributed by atoms with Crippen LogP contribution in [0.5, 0.6) is 0 Å². The molecule has 2 N–H and O–H groups in total. The number of amides is 1. The standard InChI is InChI=1S/C17H23NO3/c1-11-6-5-7-12(10-11)18-14(19)13-8-9-17(4,15(20)21)16(13,2)3/h5-7,10,13H,8-9H2,1-4H3,(H,18,19)(H,20,21)/t13-,17-/m0/s1. The molecule has 1 aliphatic rings. The number of carbonyl (C=O) groups excluding carboxylic acids is 1. The van der Waals surface area contributed by atoms with Crippen LogP contribution >= 0.6 is 0 Å². The first-order valence-electron chi connectivity index (χ1n) is 7.29. The molecule has 0 spiro atoms. The van der Waals surface area contributed by atoms with E-state index in [0.717, 1.165) is 11.3 Å². The van der Waals surface area contributed by atoms with Crippen molar-refractivity contribution in [3.05, 3.63) is 29.8 Å². The van der Waals surface area contributed by atoms with Gasteiger partial charge in [0, 0.05) is 11.6 Å². The molecule has 1 amide bonds. The van der Waals surface area contributed by atoms with Crippen molar-refractivity contribution in [3.8, 4) is 0 Å². The molecule has 2 atom stereocenters. The van der Waals surface area contributed by atoms with Crippen LogP contribution in [0.2, 0.25) is 0 Å². The van der Waals surface area contributed by atoms with Crippen LogP contribution < -0.4 is 5.32 Å². The van der Waals surface area contributed by atoms with E-state index in [0.29, 0.717) is 12.8 Å². The Morgan fingerprint density at radius 2 is 1.95 bits per heavy atom. The lowest BCUT2D eigenvalue weighted by Crippen LogP contribution is -2.43. The predicted octanol–water partition coefficient (Wildman–Crippen LogP) is 3.46. The fourth-order valence-electron chi connectivity index (χ4n) is 3.29. The lowest BCUT2D eigenvalue weighted by Gasteiger charge is -2.37. The highest BCUT2D eigenvalue weighted by atomic mass is 16.4. The first kappa shape index (κ1) is 15.5. The Morgan fingerprint density at radius 3 is 2.48 bits per heavy atom. The number of hydrogen-bond donors (Lipinski definition) is 2. The Bertz CT molecular complexity index is 579. The zero-order chi connectivity index (χ0) is 15.8. The summed E-state index contributed by atoms with van der Waals surface area (Å²) in [5.41, 5.74) is 0.405. The lowest BCUT2D eigenvalue weighted by atomic mass is 9.65. The normalized spacial score (nSPS) is 27.3. The van der Waals surface area contributed by atoms with Crippen LogP contribution in [0, 0.1) is 23.7 Å². The molecule has 1 aromatic carbocycles. The van der Waals surface area contributed by atoms with Crippen LogP contribution in [0.25, 0.3) is 0 Å². The molecular weight excluding hydrogens is 266 g/mol. The Hall–Kier alpha value is -1.84. The molecule has 0 saturated heterocycles. The molecule has 1 aliphatic carbocycles. The molecule has 0 unspecified atom stereocenters. The smallest absolute Gasteiger partial charge is 0.309 e. The van der Waals surface area contributed by atoms with Crippen LogP contribution in [0.3, 0.4) is 0 Å². The highest BCUT2D eigenvalue weighted by molar-refractivity contribution is 5.94. The van der Waals surface area contributed by atoms with E-state index in [-0.39, 0.29) is 11.8 Å². The molecule has 0 heterocycles. The number of rotatable bonds is 3. The third-order valence-electron chi connectivity index (χ3n) is 5.30. The number of aliphatic carboxylic acids is 1. The van der Waals surface area contributed by atoms with E-state index in [2.05, 4.69) is 5.32 Å². The van der Waals surface area contributed by atoms with Crippen molar-refractivity contribution in [3.63, 3.8) is 0 Å². The summed E-state index contributed by atoms with van der Waals surface area (Å²) < 4.78 is 0. The van der Waals surface area contributed by atoms with Gasteiger partial charge in [-0.25, -0.2) is 0 Å². The second kappa shape index (κ2) is 5.17. The van der Waals surface area contributed by atoms with E-state index >= 15 is 0 Å². The minimum Gasteiger partial charge on any atom is -0.481 e. The van der Waals surface area contributed by atoms with Gasteiger partial charge in [0.1, 0.15) is 0 Å². The number of hydrogen-bond acceptors (Lipinski definition) is 2. The average molecular weight is 289 g/mol. The number of carboxylic acids is 1. The Morgan fingerprint density at radius 1 is 1.29 bits per heavy atom. The molecule has 0 aromatic heterocycles. The summed E-state index contributed by atoms with van der Waals surface area (Å²) in [6.07, 6.45) is 1.13. The van der Waals surface area contributed by atoms with E-state index in [1.165, 1.54) is 0 Å². The Balaban J connectivity index is 2.19. The van der Waals surface area contributed by atoms with Crippen LogP contribution in [0.1, 0.15) is 39.2 Å². The predicted molar refractivity (Wildman–Crippen MR) is 82.1 cm³/mol. The minimum absolute atomic E-state index is 0.0874. The van der Waals surface area contributed by atoms with Gasteiger partial charge in [0.2, 0.25) is 5.91 Å². The maximum atomic E-state index is 12.5. The van der Waals surface area contributed by atoms with Gasteiger partial charge in [0.25, 0.3) is 0 Å². The van der Waals surface area contributed by atoms with Gasteiger partial charge in [-0.1, -0.05) is 26.0 Å². The van der Waals surface area contributed by atoms with Crippen LogP contribution in [0.15, 0.2) is 24.3 Å². The van der Waals surface area contributed by atoms with Gasteiger partial charge in [0.05, 0.1) is 5.41 Å². The van der Waals surface area contributed by atoms with Gasteiger partial charge in [-0.2, -0.15) is 0 Å². The molecule has 1 aromatic rings. The van der Waals surface area contributed by atoms with Gasteiger partial charge >= 0.3 is 5.97 Å². The first-order valence-corrected chi connectivity index (χ1v) is 7.29. The molecule has 21 heavy (non-hydrogen) atoms. The van der Waals surface area contributed by atoms with E-state index in [9.17, 15) is 14.7 Å². The highest BCUT2D eigenvalue weighted by Crippen LogP contribution is 2.56. The van der Waals surface area contributed by atoms with E-state index < -0.39 is 16.8 Å². The van der Waals surface area contributed by atoms with E-state index in [1.54, 1.807) is 6.92 Å². The first-order chi connectivity index (χ1) is 9.68. The number of carbonyl (C=O) groups is 2. The van der Waals surface area contributed by atoms with Crippen molar-refractivity contribution in [2.45, 2.75) is 40.5 Å². The van der Waals surface area contributed by atoms with Crippen LogP contribution in [0.4, 0.5) is 5.69 Å². The Kier molecular flexibility index (Phi) is 3.83. The summed E-state index contributed by atoms with van der Waals surface area (Å²) in [6, 6.07) is 7.63. The summed E-state index contributed by atoms with van der Waals surface area (Å²) in [5, 5.41) is 12.4. The van der Waals surface area contributed by atoms with Crippen molar-refractivity contribution >= 4 is 17.6 Å². The maximum Gasteiger partial charge on any atom is 0.309 e. The van der Waals surface area contributed by atoms with Crippen LogP contribution in [-0.4, -0.2) is 17.0 Å². The van der Waals surface area contributed by atoms with Crippen molar-refractivity contribution < 1.29 is 14.7 Å². The molecule has 0 bridgehead atoms. The number of carboxylic acid groups (broad SMARTS) is 1. The molecule has 0 radical (unpaired) electrons. The fourth-order valence-corrected chi connectivity index (χ4v) is 3.29. The summed E-state index contributed by atoms with van der Waals surface area (Å²) in [7, 11) is 0. The highest BCUT2D eigenvalue weighted by Gasteiger charge is 2.58. The Labute approximate surface area is 125 Å². The summed E-state index contributed by atoms with van der Waals surface area (Å²) in [5.74, 6) is -1.20. The molecule has 114 valence electrons. The summed E-state index contributed by atoms with van der Waals surface area (Å²) in [6.45, 7) is 7.48. The number of nitrogens with one attached hydrogen (secondary N) is 1. The summed E-state index contributed by atoms with van der Waals surface area (Å²) in [4.78, 5) is 24.1. The molecule has 4 nitrogen and oxygen atoms in total. The zero-order valence-corrected chi connectivity index (χ0v) is 13.1. The van der Waals surface area contributed by atoms with E-state index in [1.807, 2.05) is 45.0 Å². The molecule has 4 heteroatoms. The number of benzene rings is 1.